The van der Waals surface area contributed by atoms with Gasteiger partial charge in [-0.25, -0.2) is 0 Å². The fourth-order valence-electron chi connectivity index (χ4n) is 2.55. The second-order valence-electron chi connectivity index (χ2n) is 4.79. The average Bonchev–Trinajstić information content (AvgIpc) is 2.63. The van der Waals surface area contributed by atoms with Crippen LogP contribution >= 0.6 is 0 Å². The molecule has 23 heavy (non-hydrogen) atoms. The molecule has 0 unspecified atom stereocenters. The third-order valence-corrected chi connectivity index (χ3v) is 6.35. The van der Waals surface area contributed by atoms with E-state index in [1.54, 1.807) is 14.2 Å². The van der Waals surface area contributed by atoms with Crippen LogP contribution in [0.4, 0.5) is 0 Å². The molecule has 2 aromatic rings. The molecular weight excluding hydrogens is 312 g/mol. The Morgan fingerprint density at radius 3 is 2.04 bits per heavy atom. The molecule has 0 saturated carbocycles. The zero-order valence-corrected chi connectivity index (χ0v) is 14.9. The van der Waals surface area contributed by atoms with Crippen molar-refractivity contribution in [3.8, 4) is 0 Å². The Labute approximate surface area is 137 Å². The van der Waals surface area contributed by atoms with Gasteiger partial charge in [-0.05, 0) is 16.3 Å². The van der Waals surface area contributed by atoms with E-state index in [4.69, 9.17) is 22.8 Å². The van der Waals surface area contributed by atoms with Gasteiger partial charge in [0, 0.05) is 33.6 Å². The zero-order valence-electron chi connectivity index (χ0n) is 13.9. The van der Waals surface area contributed by atoms with Gasteiger partial charge in [-0.15, -0.1) is 0 Å². The first-order chi connectivity index (χ1) is 11.2. The summed E-state index contributed by atoms with van der Waals surface area (Å²) in [5.41, 5.74) is 1.04. The molecule has 6 heteroatoms. The van der Waals surface area contributed by atoms with E-state index in [0.717, 1.165) is 21.5 Å². The van der Waals surface area contributed by atoms with Gasteiger partial charge in [0.25, 0.3) is 6.48 Å². The van der Waals surface area contributed by atoms with Crippen molar-refractivity contribution in [1.82, 2.24) is 0 Å². The van der Waals surface area contributed by atoms with Crippen molar-refractivity contribution in [3.05, 3.63) is 48.5 Å². The topological polar surface area (TPSA) is 46.2 Å². The summed E-state index contributed by atoms with van der Waals surface area (Å²) < 4.78 is 27.6. The van der Waals surface area contributed by atoms with Gasteiger partial charge in [0.15, 0.2) is 0 Å². The van der Waals surface area contributed by atoms with E-state index in [1.807, 2.05) is 42.5 Å². The van der Waals surface area contributed by atoms with Crippen molar-refractivity contribution in [2.24, 2.45) is 0 Å². The Kier molecular flexibility index (Phi) is 6.06. The number of fused-ring (bicyclic) bond motifs is 1. The first-order valence-corrected chi connectivity index (χ1v) is 8.86. The van der Waals surface area contributed by atoms with E-state index in [-0.39, 0.29) is 0 Å². The van der Waals surface area contributed by atoms with Crippen LogP contribution in [0.3, 0.4) is 0 Å². The lowest BCUT2D eigenvalue weighted by molar-refractivity contribution is -0.237. The van der Waals surface area contributed by atoms with Crippen LogP contribution < -0.4 is 5.19 Å². The Balaban J connectivity index is 2.64. The van der Waals surface area contributed by atoms with Gasteiger partial charge in [0.2, 0.25) is 0 Å². The van der Waals surface area contributed by atoms with E-state index in [1.165, 1.54) is 14.2 Å². The number of benzene rings is 2. The SMILES string of the molecule is C=Cc1ccc([Si](OC)(OC)OC(OC)OC)c2ccccc12. The van der Waals surface area contributed by atoms with Crippen molar-refractivity contribution in [2.45, 2.75) is 6.48 Å². The van der Waals surface area contributed by atoms with Gasteiger partial charge in [-0.1, -0.05) is 49.1 Å². The van der Waals surface area contributed by atoms with Gasteiger partial charge in [-0.2, -0.15) is 0 Å². The lowest BCUT2D eigenvalue weighted by Crippen LogP contribution is -2.58. The highest BCUT2D eigenvalue weighted by atomic mass is 28.4. The molecule has 0 radical (unpaired) electrons. The average molecular weight is 334 g/mol. The van der Waals surface area contributed by atoms with Gasteiger partial charge in [0.05, 0.1) is 0 Å². The third kappa shape index (κ3) is 3.37. The Morgan fingerprint density at radius 2 is 1.52 bits per heavy atom. The number of methoxy groups -OCH3 is 2. The van der Waals surface area contributed by atoms with E-state index >= 15 is 0 Å². The van der Waals surface area contributed by atoms with Gasteiger partial charge < -0.3 is 22.8 Å². The summed E-state index contributed by atoms with van der Waals surface area (Å²) in [6, 6.07) is 11.9. The first-order valence-electron chi connectivity index (χ1n) is 7.14. The molecule has 0 N–H and O–H groups in total. The smallest absolute Gasteiger partial charge is 0.373 e. The number of hydrogen-bond donors (Lipinski definition) is 0. The molecule has 0 bridgehead atoms. The van der Waals surface area contributed by atoms with Crippen LogP contribution in [0.5, 0.6) is 0 Å². The predicted octanol–water partition coefficient (Wildman–Crippen LogP) is 2.51. The fraction of sp³-hybridized carbons (Fsp3) is 0.294. The molecule has 5 nitrogen and oxygen atoms in total. The fourth-order valence-corrected chi connectivity index (χ4v) is 4.76. The summed E-state index contributed by atoms with van der Waals surface area (Å²) in [6.07, 6.45) is 1.82. The lowest BCUT2D eigenvalue weighted by Gasteiger charge is -2.30. The van der Waals surface area contributed by atoms with Crippen LogP contribution in [-0.4, -0.2) is 43.7 Å². The lowest BCUT2D eigenvalue weighted by atomic mass is 10.0. The maximum Gasteiger partial charge on any atom is 0.541 e. The molecule has 124 valence electrons. The number of rotatable bonds is 8. The molecule has 0 spiro atoms. The van der Waals surface area contributed by atoms with Gasteiger partial charge in [0.1, 0.15) is 0 Å². The molecule has 0 fully saturated rings. The summed E-state index contributed by atoms with van der Waals surface area (Å²) in [5, 5.41) is 2.90. The molecule has 0 aliphatic rings. The van der Waals surface area contributed by atoms with Crippen molar-refractivity contribution in [1.29, 1.82) is 0 Å². The highest BCUT2D eigenvalue weighted by Gasteiger charge is 2.46. The predicted molar refractivity (Wildman–Crippen MR) is 92.3 cm³/mol. The minimum Gasteiger partial charge on any atom is -0.373 e. The number of hydrogen-bond acceptors (Lipinski definition) is 5. The van der Waals surface area contributed by atoms with Crippen LogP contribution in [0.2, 0.25) is 0 Å². The van der Waals surface area contributed by atoms with E-state index < -0.39 is 15.3 Å². The minimum absolute atomic E-state index is 0.850. The Morgan fingerprint density at radius 1 is 0.913 bits per heavy atom. The maximum absolute atomic E-state index is 5.93. The normalized spacial score (nSPS) is 12.0. The number of ether oxygens (including phenoxy) is 2. The van der Waals surface area contributed by atoms with Crippen LogP contribution in [0.25, 0.3) is 16.8 Å². The van der Waals surface area contributed by atoms with E-state index in [0.29, 0.717) is 0 Å². The van der Waals surface area contributed by atoms with Crippen LogP contribution in [0.1, 0.15) is 5.56 Å². The van der Waals surface area contributed by atoms with Crippen LogP contribution in [0, 0.1) is 0 Å². The first kappa shape index (κ1) is 17.8. The zero-order chi connectivity index (χ0) is 16.9. The highest BCUT2D eigenvalue weighted by Crippen LogP contribution is 2.23. The summed E-state index contributed by atoms with van der Waals surface area (Å²) in [6.45, 7) is 2.99. The molecular formula is C17H22O5Si. The molecule has 0 saturated heterocycles. The highest BCUT2D eigenvalue weighted by molar-refractivity contribution is 6.77. The van der Waals surface area contributed by atoms with E-state index in [9.17, 15) is 0 Å². The molecule has 0 heterocycles. The minimum atomic E-state index is -3.21. The van der Waals surface area contributed by atoms with Crippen LogP contribution in [-0.2, 0) is 22.8 Å². The van der Waals surface area contributed by atoms with Crippen molar-refractivity contribution < 1.29 is 22.8 Å². The summed E-state index contributed by atoms with van der Waals surface area (Å²) in [4.78, 5) is 0. The standard InChI is InChI=1S/C17H22O5Si/c1-6-13-11-12-16(15-10-8-7-9-14(13)15)23(20-4,21-5)22-17(18-2)19-3/h6-12,17H,1H2,2-5H3. The van der Waals surface area contributed by atoms with Crippen molar-refractivity contribution >= 4 is 30.8 Å². The quantitative estimate of drug-likeness (QED) is 0.548. The van der Waals surface area contributed by atoms with Crippen molar-refractivity contribution in [3.63, 3.8) is 0 Å². The largest absolute Gasteiger partial charge is 0.541 e. The van der Waals surface area contributed by atoms with Gasteiger partial charge >= 0.3 is 8.80 Å². The Hall–Kier alpha value is -1.54. The monoisotopic (exact) mass is 334 g/mol. The molecule has 2 aromatic carbocycles. The summed E-state index contributed by atoms with van der Waals surface area (Å²) >= 11 is 0. The maximum atomic E-state index is 5.93. The third-order valence-electron chi connectivity index (χ3n) is 3.68. The molecule has 0 aliphatic heterocycles. The Bertz CT molecular complexity index is 665. The summed E-state index contributed by atoms with van der Waals surface area (Å²) in [5.74, 6) is 0. The van der Waals surface area contributed by atoms with Crippen molar-refractivity contribution in [2.75, 3.05) is 28.4 Å². The molecule has 2 rings (SSSR count). The second-order valence-corrected chi connectivity index (χ2v) is 7.50. The molecule has 0 atom stereocenters. The molecule has 0 aliphatic carbocycles. The van der Waals surface area contributed by atoms with E-state index in [2.05, 4.69) is 6.58 Å². The molecule has 0 amide bonds. The van der Waals surface area contributed by atoms with Gasteiger partial charge in [-0.3, -0.25) is 0 Å². The van der Waals surface area contributed by atoms with Crippen LogP contribution in [0.15, 0.2) is 43.0 Å². The molecule has 0 aromatic heterocycles. The second kappa shape index (κ2) is 7.83. The summed E-state index contributed by atoms with van der Waals surface area (Å²) in [7, 11) is 2.91.